The summed E-state index contributed by atoms with van der Waals surface area (Å²) in [5.41, 5.74) is 6.55. The predicted molar refractivity (Wildman–Crippen MR) is 62.1 cm³/mol. The minimum Gasteiger partial charge on any atom is -0.394 e. The number of carbonyl (C=O) groups is 1. The van der Waals surface area contributed by atoms with Gasteiger partial charge >= 0.3 is 0 Å². The molecule has 88 valence electrons. The van der Waals surface area contributed by atoms with Crippen LogP contribution in [-0.4, -0.2) is 46.8 Å². The summed E-state index contributed by atoms with van der Waals surface area (Å²) in [5, 5.41) is 4.32. The van der Waals surface area contributed by atoms with Gasteiger partial charge in [-0.2, -0.15) is 5.10 Å². The molecule has 0 aliphatic carbocycles. The molecule has 0 atom stereocenters. The molecule has 16 heavy (non-hydrogen) atoms. The molecule has 0 aromatic carbocycles. The van der Waals surface area contributed by atoms with E-state index < -0.39 is 0 Å². The lowest BCUT2D eigenvalue weighted by atomic mass is 10.3. The van der Waals surface area contributed by atoms with Gasteiger partial charge in [-0.3, -0.25) is 9.48 Å². The van der Waals surface area contributed by atoms with Crippen LogP contribution in [0.2, 0.25) is 0 Å². The molecule has 0 saturated carbocycles. The van der Waals surface area contributed by atoms with E-state index in [9.17, 15) is 4.79 Å². The summed E-state index contributed by atoms with van der Waals surface area (Å²) in [6.45, 7) is 4.67. The fourth-order valence-corrected chi connectivity index (χ4v) is 1.97. The maximum atomic E-state index is 11.2. The highest BCUT2D eigenvalue weighted by atomic mass is 16.2. The van der Waals surface area contributed by atoms with Crippen molar-refractivity contribution < 1.29 is 4.79 Å². The van der Waals surface area contributed by atoms with Crippen molar-refractivity contribution in [2.75, 3.05) is 36.8 Å². The first-order valence-electron chi connectivity index (χ1n) is 5.37. The molecule has 0 spiro atoms. The Morgan fingerprint density at radius 3 is 2.44 bits per heavy atom. The van der Waals surface area contributed by atoms with E-state index in [1.165, 1.54) is 0 Å². The van der Waals surface area contributed by atoms with Gasteiger partial charge in [-0.25, -0.2) is 0 Å². The van der Waals surface area contributed by atoms with E-state index in [2.05, 4.69) is 10.00 Å². The maximum absolute atomic E-state index is 11.2. The number of hydrogen-bond acceptors (Lipinski definition) is 4. The van der Waals surface area contributed by atoms with E-state index in [4.69, 9.17) is 5.73 Å². The van der Waals surface area contributed by atoms with Gasteiger partial charge in [0.2, 0.25) is 5.91 Å². The second-order valence-corrected chi connectivity index (χ2v) is 4.07. The molecular weight excluding hydrogens is 206 g/mol. The summed E-state index contributed by atoms with van der Waals surface area (Å²) in [6.07, 6.45) is 1.80. The zero-order valence-electron chi connectivity index (χ0n) is 9.68. The second kappa shape index (κ2) is 4.03. The van der Waals surface area contributed by atoms with Crippen molar-refractivity contribution in [3.63, 3.8) is 0 Å². The monoisotopic (exact) mass is 223 g/mol. The van der Waals surface area contributed by atoms with Gasteiger partial charge in [0.25, 0.3) is 0 Å². The Kier molecular flexibility index (Phi) is 2.72. The van der Waals surface area contributed by atoms with Crippen LogP contribution in [0, 0.1) is 0 Å². The Hall–Kier alpha value is -1.72. The Labute approximate surface area is 94.6 Å². The summed E-state index contributed by atoms with van der Waals surface area (Å²) in [5.74, 6) is 0.958. The van der Waals surface area contributed by atoms with Crippen molar-refractivity contribution in [2.45, 2.75) is 6.92 Å². The van der Waals surface area contributed by atoms with Gasteiger partial charge in [0.15, 0.2) is 5.82 Å². The van der Waals surface area contributed by atoms with Crippen molar-refractivity contribution in [2.24, 2.45) is 7.05 Å². The third kappa shape index (κ3) is 1.95. The lowest BCUT2D eigenvalue weighted by Gasteiger charge is -2.34. The van der Waals surface area contributed by atoms with E-state index in [0.717, 1.165) is 32.0 Å². The number of amides is 1. The largest absolute Gasteiger partial charge is 0.394 e. The fourth-order valence-electron chi connectivity index (χ4n) is 1.97. The normalized spacial score (nSPS) is 16.6. The van der Waals surface area contributed by atoms with Gasteiger partial charge in [-0.05, 0) is 0 Å². The zero-order chi connectivity index (χ0) is 11.7. The quantitative estimate of drug-likeness (QED) is 0.708. The molecule has 2 heterocycles. The van der Waals surface area contributed by atoms with Crippen LogP contribution in [0.3, 0.4) is 0 Å². The highest BCUT2D eigenvalue weighted by Crippen LogP contribution is 2.21. The molecule has 2 N–H and O–H groups in total. The SMILES string of the molecule is CC(=O)N1CCN(c2nn(C)cc2N)CC1. The van der Waals surface area contributed by atoms with Crippen molar-refractivity contribution in [1.29, 1.82) is 0 Å². The van der Waals surface area contributed by atoms with Crippen LogP contribution in [0.25, 0.3) is 0 Å². The standard InChI is InChI=1S/C10H17N5O/c1-8(16)14-3-5-15(6-4-14)10-9(11)7-13(2)12-10/h7H,3-6,11H2,1-2H3. The third-order valence-corrected chi connectivity index (χ3v) is 2.86. The minimum atomic E-state index is 0.133. The molecule has 1 aliphatic rings. The molecule has 1 amide bonds. The Balaban J connectivity index is 2.04. The zero-order valence-corrected chi connectivity index (χ0v) is 9.68. The number of nitrogens with two attached hydrogens (primary N) is 1. The van der Waals surface area contributed by atoms with Crippen LogP contribution >= 0.6 is 0 Å². The van der Waals surface area contributed by atoms with Crippen molar-refractivity contribution >= 4 is 17.4 Å². The summed E-state index contributed by atoms with van der Waals surface area (Å²) >= 11 is 0. The fraction of sp³-hybridized carbons (Fsp3) is 0.600. The van der Waals surface area contributed by atoms with Crippen molar-refractivity contribution in [3.8, 4) is 0 Å². The van der Waals surface area contributed by atoms with Gasteiger partial charge in [0.05, 0.1) is 5.69 Å². The molecule has 1 aromatic heterocycles. The van der Waals surface area contributed by atoms with Crippen molar-refractivity contribution in [3.05, 3.63) is 6.20 Å². The van der Waals surface area contributed by atoms with Gasteiger partial charge in [-0.15, -0.1) is 0 Å². The number of nitrogens with zero attached hydrogens (tertiary/aromatic N) is 4. The van der Waals surface area contributed by atoms with E-state index in [1.54, 1.807) is 17.8 Å². The summed E-state index contributed by atoms with van der Waals surface area (Å²) in [4.78, 5) is 15.1. The lowest BCUT2D eigenvalue weighted by Crippen LogP contribution is -2.48. The topological polar surface area (TPSA) is 67.4 Å². The lowest BCUT2D eigenvalue weighted by molar-refractivity contribution is -0.129. The van der Waals surface area contributed by atoms with Crippen molar-refractivity contribution in [1.82, 2.24) is 14.7 Å². The predicted octanol–water partition coefficient (Wildman–Crippen LogP) is -0.329. The highest BCUT2D eigenvalue weighted by molar-refractivity contribution is 5.73. The average Bonchev–Trinajstić information content (AvgIpc) is 2.58. The van der Waals surface area contributed by atoms with Crippen LogP contribution in [0.1, 0.15) is 6.92 Å². The van der Waals surface area contributed by atoms with Crippen LogP contribution in [0.4, 0.5) is 11.5 Å². The first-order valence-corrected chi connectivity index (χ1v) is 5.37. The molecule has 1 aromatic rings. The molecule has 1 fully saturated rings. The van der Waals surface area contributed by atoms with E-state index in [1.807, 2.05) is 11.9 Å². The highest BCUT2D eigenvalue weighted by Gasteiger charge is 2.21. The van der Waals surface area contributed by atoms with Gasteiger partial charge < -0.3 is 15.5 Å². The number of carbonyl (C=O) groups excluding carboxylic acids is 1. The van der Waals surface area contributed by atoms with E-state index in [-0.39, 0.29) is 5.91 Å². The van der Waals surface area contributed by atoms with E-state index in [0.29, 0.717) is 5.69 Å². The number of aryl methyl sites for hydroxylation is 1. The smallest absolute Gasteiger partial charge is 0.219 e. The van der Waals surface area contributed by atoms with Crippen LogP contribution in [-0.2, 0) is 11.8 Å². The Bertz CT molecular complexity index is 392. The molecule has 0 radical (unpaired) electrons. The van der Waals surface area contributed by atoms with Gasteiger partial charge in [0.1, 0.15) is 0 Å². The summed E-state index contributed by atoms with van der Waals surface area (Å²) < 4.78 is 1.71. The van der Waals surface area contributed by atoms with Crippen LogP contribution < -0.4 is 10.6 Å². The number of hydrogen-bond donors (Lipinski definition) is 1. The number of nitrogen functional groups attached to an aromatic ring is 1. The molecule has 0 unspecified atom stereocenters. The molecule has 2 rings (SSSR count). The molecule has 6 heteroatoms. The first-order chi connectivity index (χ1) is 7.58. The Morgan fingerprint density at radius 1 is 1.38 bits per heavy atom. The number of anilines is 2. The molecule has 1 saturated heterocycles. The number of aromatic nitrogens is 2. The maximum Gasteiger partial charge on any atom is 0.219 e. The van der Waals surface area contributed by atoms with E-state index >= 15 is 0 Å². The minimum absolute atomic E-state index is 0.133. The summed E-state index contributed by atoms with van der Waals surface area (Å²) in [6, 6.07) is 0. The van der Waals surface area contributed by atoms with Gasteiger partial charge in [-0.1, -0.05) is 0 Å². The molecule has 1 aliphatic heterocycles. The first kappa shape index (κ1) is 10.8. The molecule has 0 bridgehead atoms. The van der Waals surface area contributed by atoms with Crippen LogP contribution in [0.5, 0.6) is 0 Å². The number of piperazine rings is 1. The number of rotatable bonds is 1. The second-order valence-electron chi connectivity index (χ2n) is 4.07. The third-order valence-electron chi connectivity index (χ3n) is 2.86. The summed E-state index contributed by atoms with van der Waals surface area (Å²) in [7, 11) is 1.85. The average molecular weight is 223 g/mol. The van der Waals surface area contributed by atoms with Crippen LogP contribution in [0.15, 0.2) is 6.20 Å². The molecule has 6 nitrogen and oxygen atoms in total. The Morgan fingerprint density at radius 2 is 2.00 bits per heavy atom. The molecular formula is C10H17N5O. The van der Waals surface area contributed by atoms with Gasteiger partial charge in [0, 0.05) is 46.3 Å².